The highest BCUT2D eigenvalue weighted by Crippen LogP contribution is 2.29. The average Bonchev–Trinajstić information content (AvgIpc) is 3.12. The van der Waals surface area contributed by atoms with Gasteiger partial charge in [0.15, 0.2) is 6.29 Å². The van der Waals surface area contributed by atoms with Gasteiger partial charge in [0.05, 0.1) is 30.0 Å². The Morgan fingerprint density at radius 2 is 1.88 bits per heavy atom. The Morgan fingerprint density at radius 3 is 2.48 bits per heavy atom. The standard InChI is InChI=1S/C19H27ClN2O3/c1-12-10-13(2)17(16(20)11-12)21-18(23)14(3)22-6-4-15(5-7-22)19-24-8-9-25-19/h10-11,14-15,19H,4-9H2,1-3H3,(H,21,23). The zero-order valence-electron chi connectivity index (χ0n) is 15.2. The van der Waals surface area contributed by atoms with Crippen LogP contribution in [0.15, 0.2) is 12.1 Å². The van der Waals surface area contributed by atoms with Gasteiger partial charge in [-0.15, -0.1) is 0 Å². The number of nitrogens with one attached hydrogen (secondary N) is 1. The summed E-state index contributed by atoms with van der Waals surface area (Å²) in [6.45, 7) is 9.06. The Hall–Kier alpha value is -1.14. The van der Waals surface area contributed by atoms with Gasteiger partial charge in [-0.2, -0.15) is 0 Å². The van der Waals surface area contributed by atoms with E-state index in [4.69, 9.17) is 21.1 Å². The maximum Gasteiger partial charge on any atom is 0.241 e. The first-order chi connectivity index (χ1) is 12.0. The lowest BCUT2D eigenvalue weighted by molar-refractivity contribution is -0.123. The number of ether oxygens (including phenoxy) is 2. The summed E-state index contributed by atoms with van der Waals surface area (Å²) in [5, 5.41) is 3.60. The zero-order valence-corrected chi connectivity index (χ0v) is 15.9. The number of likely N-dealkylation sites (tertiary alicyclic amines) is 1. The fourth-order valence-electron chi connectivity index (χ4n) is 3.70. The van der Waals surface area contributed by atoms with E-state index in [-0.39, 0.29) is 18.2 Å². The van der Waals surface area contributed by atoms with Gasteiger partial charge < -0.3 is 14.8 Å². The van der Waals surface area contributed by atoms with Crippen LogP contribution in [0.4, 0.5) is 5.69 Å². The van der Waals surface area contributed by atoms with Crippen molar-refractivity contribution in [3.8, 4) is 0 Å². The van der Waals surface area contributed by atoms with Crippen LogP contribution in [0.5, 0.6) is 0 Å². The summed E-state index contributed by atoms with van der Waals surface area (Å²) in [5.41, 5.74) is 2.79. The van der Waals surface area contributed by atoms with E-state index < -0.39 is 0 Å². The molecule has 2 heterocycles. The number of amides is 1. The summed E-state index contributed by atoms with van der Waals surface area (Å²) in [6.07, 6.45) is 1.93. The molecule has 2 aliphatic heterocycles. The predicted molar refractivity (Wildman–Crippen MR) is 99.0 cm³/mol. The second-order valence-electron chi connectivity index (χ2n) is 7.09. The van der Waals surface area contributed by atoms with Crippen LogP contribution >= 0.6 is 11.6 Å². The minimum atomic E-state index is -0.192. The minimum Gasteiger partial charge on any atom is -0.350 e. The SMILES string of the molecule is Cc1cc(C)c(NC(=O)C(C)N2CCC(C3OCCO3)CC2)c(Cl)c1. The molecule has 0 aliphatic carbocycles. The van der Waals surface area contributed by atoms with Crippen molar-refractivity contribution in [3.63, 3.8) is 0 Å². The van der Waals surface area contributed by atoms with Crippen LogP contribution < -0.4 is 5.32 Å². The number of nitrogens with zero attached hydrogens (tertiary/aromatic N) is 1. The smallest absolute Gasteiger partial charge is 0.241 e. The number of benzene rings is 1. The highest BCUT2D eigenvalue weighted by atomic mass is 35.5. The van der Waals surface area contributed by atoms with Gasteiger partial charge in [-0.25, -0.2) is 0 Å². The van der Waals surface area contributed by atoms with Gasteiger partial charge in [0.25, 0.3) is 0 Å². The first kappa shape index (κ1) is 18.6. The molecule has 5 nitrogen and oxygen atoms in total. The van der Waals surface area contributed by atoms with Gasteiger partial charge in [0.2, 0.25) is 5.91 Å². The highest BCUT2D eigenvalue weighted by Gasteiger charge is 2.33. The molecule has 1 N–H and O–H groups in total. The molecule has 25 heavy (non-hydrogen) atoms. The predicted octanol–water partition coefficient (Wildman–Crippen LogP) is 3.37. The van der Waals surface area contributed by atoms with E-state index in [1.165, 1.54) is 0 Å². The number of hydrogen-bond donors (Lipinski definition) is 1. The molecule has 1 amide bonds. The molecule has 1 aromatic carbocycles. The highest BCUT2D eigenvalue weighted by molar-refractivity contribution is 6.34. The number of carbonyl (C=O) groups is 1. The van der Waals surface area contributed by atoms with Crippen LogP contribution in [0.25, 0.3) is 0 Å². The molecule has 3 rings (SSSR count). The van der Waals surface area contributed by atoms with E-state index in [1.807, 2.05) is 32.9 Å². The number of carbonyl (C=O) groups excluding carboxylic acids is 1. The molecule has 1 atom stereocenters. The minimum absolute atomic E-state index is 0.0133. The molecular formula is C19H27ClN2O3. The molecule has 0 saturated carbocycles. The first-order valence-corrected chi connectivity index (χ1v) is 9.38. The topological polar surface area (TPSA) is 50.8 Å². The monoisotopic (exact) mass is 366 g/mol. The zero-order chi connectivity index (χ0) is 18.0. The summed E-state index contributed by atoms with van der Waals surface area (Å²) >= 11 is 6.31. The quantitative estimate of drug-likeness (QED) is 0.887. The van der Waals surface area contributed by atoms with Gasteiger partial charge in [-0.1, -0.05) is 17.7 Å². The van der Waals surface area contributed by atoms with Gasteiger partial charge in [-0.3, -0.25) is 9.69 Å². The van der Waals surface area contributed by atoms with E-state index in [2.05, 4.69) is 10.2 Å². The van der Waals surface area contributed by atoms with Crippen molar-refractivity contribution >= 4 is 23.2 Å². The van der Waals surface area contributed by atoms with Crippen molar-refractivity contribution in [1.29, 1.82) is 0 Å². The third-order valence-electron chi connectivity index (χ3n) is 5.21. The molecule has 1 aromatic rings. The van der Waals surface area contributed by atoms with Crippen molar-refractivity contribution < 1.29 is 14.3 Å². The fourth-order valence-corrected chi connectivity index (χ4v) is 4.06. The van der Waals surface area contributed by atoms with Crippen molar-refractivity contribution in [2.24, 2.45) is 5.92 Å². The molecule has 0 spiro atoms. The third-order valence-corrected chi connectivity index (χ3v) is 5.51. The number of rotatable bonds is 4. The largest absolute Gasteiger partial charge is 0.350 e. The first-order valence-electron chi connectivity index (χ1n) is 9.00. The van der Waals surface area contributed by atoms with Crippen molar-refractivity contribution in [3.05, 3.63) is 28.3 Å². The van der Waals surface area contributed by atoms with Gasteiger partial charge in [-0.05, 0) is 63.9 Å². The lowest BCUT2D eigenvalue weighted by Crippen LogP contribution is -2.47. The number of piperidine rings is 1. The maximum absolute atomic E-state index is 12.7. The van der Waals surface area contributed by atoms with Gasteiger partial charge in [0, 0.05) is 5.92 Å². The van der Waals surface area contributed by atoms with E-state index in [9.17, 15) is 4.79 Å². The molecule has 138 valence electrons. The summed E-state index contributed by atoms with van der Waals surface area (Å²) < 4.78 is 11.2. The molecular weight excluding hydrogens is 340 g/mol. The number of anilines is 1. The molecule has 0 aromatic heterocycles. The average molecular weight is 367 g/mol. The summed E-state index contributed by atoms with van der Waals surface area (Å²) in [5.74, 6) is 0.420. The Morgan fingerprint density at radius 1 is 1.24 bits per heavy atom. The molecule has 2 fully saturated rings. The molecule has 0 radical (unpaired) electrons. The third kappa shape index (κ3) is 4.34. The fraction of sp³-hybridized carbons (Fsp3) is 0.632. The van der Waals surface area contributed by atoms with E-state index in [1.54, 1.807) is 0 Å². The second-order valence-corrected chi connectivity index (χ2v) is 7.49. The van der Waals surface area contributed by atoms with Crippen LogP contribution in [0, 0.1) is 19.8 Å². The normalized spacial score (nSPS) is 21.4. The lowest BCUT2D eigenvalue weighted by atomic mass is 9.95. The Balaban J connectivity index is 1.56. The Bertz CT molecular complexity index is 600. The molecule has 2 saturated heterocycles. The summed E-state index contributed by atoms with van der Waals surface area (Å²) in [4.78, 5) is 14.9. The van der Waals surface area contributed by atoms with E-state index in [0.29, 0.717) is 29.8 Å². The Kier molecular flexibility index (Phi) is 6.00. The van der Waals surface area contributed by atoms with Gasteiger partial charge in [0.1, 0.15) is 0 Å². The summed E-state index contributed by atoms with van der Waals surface area (Å²) in [7, 11) is 0. The van der Waals surface area contributed by atoms with Crippen LogP contribution in [0.2, 0.25) is 5.02 Å². The van der Waals surface area contributed by atoms with Crippen molar-refractivity contribution in [1.82, 2.24) is 4.90 Å². The molecule has 6 heteroatoms. The van der Waals surface area contributed by atoms with Crippen molar-refractivity contribution in [2.75, 3.05) is 31.6 Å². The van der Waals surface area contributed by atoms with E-state index >= 15 is 0 Å². The van der Waals surface area contributed by atoms with Crippen LogP contribution in [0.3, 0.4) is 0 Å². The number of aryl methyl sites for hydroxylation is 2. The van der Waals surface area contributed by atoms with E-state index in [0.717, 1.165) is 37.1 Å². The molecule has 0 bridgehead atoms. The van der Waals surface area contributed by atoms with Gasteiger partial charge >= 0.3 is 0 Å². The summed E-state index contributed by atoms with van der Waals surface area (Å²) in [6, 6.07) is 3.71. The van der Waals surface area contributed by atoms with Crippen LogP contribution in [-0.4, -0.2) is 49.4 Å². The molecule has 1 unspecified atom stereocenters. The van der Waals surface area contributed by atoms with Crippen LogP contribution in [0.1, 0.15) is 30.9 Å². The number of hydrogen-bond acceptors (Lipinski definition) is 4. The second kappa shape index (κ2) is 8.04. The van der Waals surface area contributed by atoms with Crippen LogP contribution in [-0.2, 0) is 14.3 Å². The molecule has 2 aliphatic rings. The number of halogens is 1. The van der Waals surface area contributed by atoms with Crippen molar-refractivity contribution in [2.45, 2.75) is 45.9 Å². The maximum atomic E-state index is 12.7. The Labute approximate surface area is 154 Å². The lowest BCUT2D eigenvalue weighted by Gasteiger charge is -2.36.